The third kappa shape index (κ3) is 3.23. The summed E-state index contributed by atoms with van der Waals surface area (Å²) in [6.07, 6.45) is 2.64. The molecule has 4 nitrogen and oxygen atoms in total. The number of nitrogens with zero attached hydrogens (tertiary/aromatic N) is 1. The number of piperidine rings is 1. The zero-order valence-electron chi connectivity index (χ0n) is 11.2. The lowest BCUT2D eigenvalue weighted by Gasteiger charge is -2.34. The van der Waals surface area contributed by atoms with Crippen LogP contribution in [0.4, 0.5) is 0 Å². The molecule has 0 spiro atoms. The third-order valence-electron chi connectivity index (χ3n) is 3.47. The lowest BCUT2D eigenvalue weighted by molar-refractivity contribution is -0.126. The minimum atomic E-state index is -0.364. The molecule has 2 amide bonds. The Bertz CT molecular complexity index is 534. The van der Waals surface area contributed by atoms with Gasteiger partial charge in [-0.1, -0.05) is 15.9 Å². The van der Waals surface area contributed by atoms with E-state index >= 15 is 0 Å². The molecule has 1 atom stereocenters. The molecule has 0 saturated carbocycles. The minimum absolute atomic E-state index is 0.0914. The average Bonchev–Trinajstić information content (AvgIpc) is 2.46. The number of hydrogen-bond acceptors (Lipinski definition) is 2. The molecule has 0 bridgehead atoms. The first kappa shape index (κ1) is 15.5. The highest BCUT2D eigenvalue weighted by atomic mass is 79.9. The maximum absolute atomic E-state index is 12.7. The van der Waals surface area contributed by atoms with E-state index < -0.39 is 0 Å². The molecule has 0 aliphatic carbocycles. The van der Waals surface area contributed by atoms with Gasteiger partial charge in [0.25, 0.3) is 5.91 Å². The lowest BCUT2D eigenvalue weighted by Crippen LogP contribution is -2.51. The highest BCUT2D eigenvalue weighted by Gasteiger charge is 2.32. The Balaban J connectivity index is 2.27. The summed E-state index contributed by atoms with van der Waals surface area (Å²) in [6, 6.07) is 5.08. The molecular formula is C14H16Br2N2O2. The van der Waals surface area contributed by atoms with Crippen molar-refractivity contribution in [3.05, 3.63) is 32.7 Å². The van der Waals surface area contributed by atoms with Gasteiger partial charge in [-0.3, -0.25) is 9.59 Å². The molecular weight excluding hydrogens is 388 g/mol. The van der Waals surface area contributed by atoms with E-state index in [2.05, 4.69) is 37.2 Å². The first-order valence-corrected chi connectivity index (χ1v) is 8.11. The van der Waals surface area contributed by atoms with Gasteiger partial charge in [0.05, 0.1) is 5.56 Å². The number of likely N-dealkylation sites (N-methyl/N-ethyl adjacent to an activating group) is 1. The van der Waals surface area contributed by atoms with Crippen molar-refractivity contribution in [1.82, 2.24) is 10.2 Å². The molecule has 1 heterocycles. The molecule has 1 aliphatic rings. The Morgan fingerprint density at radius 2 is 2.05 bits per heavy atom. The number of carbonyl (C=O) groups excluding carboxylic acids is 2. The number of benzene rings is 1. The van der Waals surface area contributed by atoms with Gasteiger partial charge in [0, 0.05) is 22.5 Å². The van der Waals surface area contributed by atoms with Crippen molar-refractivity contribution in [2.45, 2.75) is 25.3 Å². The molecule has 1 aromatic carbocycles. The summed E-state index contributed by atoms with van der Waals surface area (Å²) in [7, 11) is 1.61. The van der Waals surface area contributed by atoms with Gasteiger partial charge in [0.2, 0.25) is 5.91 Å². The maximum atomic E-state index is 12.7. The molecule has 1 aliphatic heterocycles. The summed E-state index contributed by atoms with van der Waals surface area (Å²) in [4.78, 5) is 26.3. The van der Waals surface area contributed by atoms with Crippen molar-refractivity contribution < 1.29 is 9.59 Å². The topological polar surface area (TPSA) is 49.4 Å². The Morgan fingerprint density at radius 1 is 1.30 bits per heavy atom. The van der Waals surface area contributed by atoms with E-state index in [1.807, 2.05) is 12.1 Å². The number of hydrogen-bond donors (Lipinski definition) is 1. The summed E-state index contributed by atoms with van der Waals surface area (Å²) in [5, 5.41) is 2.64. The van der Waals surface area contributed by atoms with Gasteiger partial charge in [0.1, 0.15) is 6.04 Å². The zero-order valence-corrected chi connectivity index (χ0v) is 14.3. The van der Waals surface area contributed by atoms with Crippen molar-refractivity contribution in [2.24, 2.45) is 0 Å². The number of likely N-dealkylation sites (tertiary alicyclic amines) is 1. The molecule has 1 fully saturated rings. The van der Waals surface area contributed by atoms with Crippen molar-refractivity contribution in [3.8, 4) is 0 Å². The van der Waals surface area contributed by atoms with Crippen LogP contribution in [-0.4, -0.2) is 36.3 Å². The Labute approximate surface area is 135 Å². The van der Waals surface area contributed by atoms with E-state index in [0.29, 0.717) is 12.1 Å². The average molecular weight is 404 g/mol. The number of nitrogens with one attached hydrogen (secondary N) is 1. The second kappa shape index (κ2) is 6.72. The zero-order chi connectivity index (χ0) is 14.7. The van der Waals surface area contributed by atoms with Crippen LogP contribution >= 0.6 is 31.9 Å². The van der Waals surface area contributed by atoms with Gasteiger partial charge in [-0.15, -0.1) is 0 Å². The van der Waals surface area contributed by atoms with Crippen LogP contribution < -0.4 is 5.32 Å². The van der Waals surface area contributed by atoms with Gasteiger partial charge in [-0.2, -0.15) is 0 Å². The SMILES string of the molecule is CNC(=O)C1CCCCN1C(=O)c1ccc(Br)cc1Br. The number of amides is 2. The molecule has 20 heavy (non-hydrogen) atoms. The highest BCUT2D eigenvalue weighted by Crippen LogP contribution is 2.26. The predicted molar refractivity (Wildman–Crippen MR) is 84.6 cm³/mol. The number of halogens is 2. The van der Waals surface area contributed by atoms with E-state index in [4.69, 9.17) is 0 Å². The second-order valence-electron chi connectivity index (χ2n) is 4.75. The van der Waals surface area contributed by atoms with Crippen molar-refractivity contribution in [1.29, 1.82) is 0 Å². The van der Waals surface area contributed by atoms with Crippen LogP contribution in [0.25, 0.3) is 0 Å². The molecule has 1 saturated heterocycles. The molecule has 1 aromatic rings. The van der Waals surface area contributed by atoms with Crippen LogP contribution in [0, 0.1) is 0 Å². The van der Waals surface area contributed by atoms with Crippen LogP contribution in [0.2, 0.25) is 0 Å². The van der Waals surface area contributed by atoms with Crippen LogP contribution in [0.5, 0.6) is 0 Å². The Kier molecular flexibility index (Phi) is 5.21. The summed E-state index contributed by atoms with van der Waals surface area (Å²) >= 11 is 6.78. The predicted octanol–water partition coefficient (Wildman–Crippen LogP) is 2.95. The minimum Gasteiger partial charge on any atom is -0.357 e. The molecule has 0 radical (unpaired) electrons. The molecule has 6 heteroatoms. The first-order chi connectivity index (χ1) is 9.54. The van der Waals surface area contributed by atoms with E-state index in [1.165, 1.54) is 0 Å². The molecule has 1 unspecified atom stereocenters. The van der Waals surface area contributed by atoms with E-state index in [-0.39, 0.29) is 17.9 Å². The van der Waals surface area contributed by atoms with Crippen molar-refractivity contribution in [2.75, 3.05) is 13.6 Å². The molecule has 108 valence electrons. The van der Waals surface area contributed by atoms with E-state index in [9.17, 15) is 9.59 Å². The monoisotopic (exact) mass is 402 g/mol. The fraction of sp³-hybridized carbons (Fsp3) is 0.429. The van der Waals surface area contributed by atoms with Gasteiger partial charge in [-0.25, -0.2) is 0 Å². The Morgan fingerprint density at radius 3 is 2.70 bits per heavy atom. The number of carbonyl (C=O) groups is 2. The quantitative estimate of drug-likeness (QED) is 0.825. The molecule has 0 aromatic heterocycles. The maximum Gasteiger partial charge on any atom is 0.255 e. The van der Waals surface area contributed by atoms with Crippen LogP contribution in [0.15, 0.2) is 27.1 Å². The summed E-state index contributed by atoms with van der Waals surface area (Å²) in [5.74, 6) is -0.191. The summed E-state index contributed by atoms with van der Waals surface area (Å²) in [6.45, 7) is 0.624. The van der Waals surface area contributed by atoms with Gasteiger partial charge in [-0.05, 0) is 53.4 Å². The van der Waals surface area contributed by atoms with Crippen LogP contribution in [-0.2, 0) is 4.79 Å². The highest BCUT2D eigenvalue weighted by molar-refractivity contribution is 9.11. The standard InChI is InChI=1S/C14H16Br2N2O2/c1-17-13(19)12-4-2-3-7-18(12)14(20)10-6-5-9(15)8-11(10)16/h5-6,8,12H,2-4,7H2,1H3,(H,17,19). The summed E-state index contributed by atoms with van der Waals surface area (Å²) < 4.78 is 1.64. The first-order valence-electron chi connectivity index (χ1n) is 6.52. The Hall–Kier alpha value is -0.880. The number of rotatable bonds is 2. The second-order valence-corrected chi connectivity index (χ2v) is 6.52. The third-order valence-corrected chi connectivity index (χ3v) is 4.62. The smallest absolute Gasteiger partial charge is 0.255 e. The van der Waals surface area contributed by atoms with Crippen molar-refractivity contribution >= 4 is 43.7 Å². The van der Waals surface area contributed by atoms with E-state index in [0.717, 1.165) is 28.2 Å². The largest absolute Gasteiger partial charge is 0.357 e. The van der Waals surface area contributed by atoms with Crippen molar-refractivity contribution in [3.63, 3.8) is 0 Å². The van der Waals surface area contributed by atoms with Crippen LogP contribution in [0.1, 0.15) is 29.6 Å². The fourth-order valence-corrected chi connectivity index (χ4v) is 3.65. The molecule has 1 N–H and O–H groups in total. The van der Waals surface area contributed by atoms with Crippen LogP contribution in [0.3, 0.4) is 0 Å². The lowest BCUT2D eigenvalue weighted by atomic mass is 10.00. The van der Waals surface area contributed by atoms with Gasteiger partial charge >= 0.3 is 0 Å². The molecule has 2 rings (SSSR count). The fourth-order valence-electron chi connectivity index (χ4n) is 2.43. The summed E-state index contributed by atoms with van der Waals surface area (Å²) in [5.41, 5.74) is 0.587. The van der Waals surface area contributed by atoms with Gasteiger partial charge in [0.15, 0.2) is 0 Å². The van der Waals surface area contributed by atoms with Gasteiger partial charge < -0.3 is 10.2 Å². The normalized spacial score (nSPS) is 18.8. The van der Waals surface area contributed by atoms with E-state index in [1.54, 1.807) is 18.0 Å².